The van der Waals surface area contributed by atoms with Crippen LogP contribution in [0.3, 0.4) is 0 Å². The van der Waals surface area contributed by atoms with Crippen LogP contribution in [0.1, 0.15) is 35.2 Å². The Hall–Kier alpha value is -1.95. The van der Waals surface area contributed by atoms with E-state index in [9.17, 15) is 14.0 Å². The van der Waals surface area contributed by atoms with Crippen LogP contribution in [0.5, 0.6) is 0 Å². The summed E-state index contributed by atoms with van der Waals surface area (Å²) in [6, 6.07) is 3.01. The van der Waals surface area contributed by atoms with E-state index < -0.39 is 11.7 Å². The largest absolute Gasteiger partial charge is 0.366 e. The summed E-state index contributed by atoms with van der Waals surface area (Å²) in [5, 5.41) is 5.83. The zero-order valence-electron chi connectivity index (χ0n) is 11.3. The van der Waals surface area contributed by atoms with Crippen LogP contribution in [-0.2, 0) is 4.79 Å². The van der Waals surface area contributed by atoms with Gasteiger partial charge in [0, 0.05) is 35.8 Å². The van der Waals surface area contributed by atoms with Gasteiger partial charge in [-0.2, -0.15) is 0 Å². The number of benzene rings is 1. The van der Waals surface area contributed by atoms with Crippen molar-refractivity contribution in [3.63, 3.8) is 0 Å². The first-order chi connectivity index (χ1) is 9.47. The van der Waals surface area contributed by atoms with Gasteiger partial charge in [0.1, 0.15) is 5.82 Å². The number of primary amides is 1. The van der Waals surface area contributed by atoms with Gasteiger partial charge in [-0.15, -0.1) is 0 Å². The lowest BCUT2D eigenvalue weighted by atomic mass is 10.1. The Morgan fingerprint density at radius 3 is 2.70 bits per heavy atom. The number of nitrogens with one attached hydrogen (secondary N) is 2. The van der Waals surface area contributed by atoms with E-state index >= 15 is 0 Å². The van der Waals surface area contributed by atoms with Gasteiger partial charge in [-0.25, -0.2) is 4.39 Å². The SMILES string of the molecule is Cc1c(F)cc(C(N)=O)cc1NC(=O)CCNC1CC1. The Morgan fingerprint density at radius 1 is 1.40 bits per heavy atom. The molecule has 0 aliphatic heterocycles. The van der Waals surface area contributed by atoms with Crippen LogP contribution in [0, 0.1) is 12.7 Å². The summed E-state index contributed by atoms with van der Waals surface area (Å²) in [5.74, 6) is -1.51. The summed E-state index contributed by atoms with van der Waals surface area (Å²) in [6.07, 6.45) is 2.62. The second-order valence-electron chi connectivity index (χ2n) is 5.02. The van der Waals surface area contributed by atoms with E-state index in [2.05, 4.69) is 10.6 Å². The maximum atomic E-state index is 13.6. The second-order valence-corrected chi connectivity index (χ2v) is 5.02. The van der Waals surface area contributed by atoms with E-state index in [1.165, 1.54) is 13.0 Å². The zero-order valence-corrected chi connectivity index (χ0v) is 11.3. The zero-order chi connectivity index (χ0) is 14.7. The highest BCUT2D eigenvalue weighted by Gasteiger charge is 2.20. The molecule has 1 aliphatic rings. The highest BCUT2D eigenvalue weighted by atomic mass is 19.1. The minimum absolute atomic E-state index is 0.0412. The average Bonchev–Trinajstić information content (AvgIpc) is 3.18. The van der Waals surface area contributed by atoms with Gasteiger partial charge in [-0.3, -0.25) is 9.59 Å². The highest BCUT2D eigenvalue weighted by Crippen LogP contribution is 2.21. The van der Waals surface area contributed by atoms with Crippen LogP contribution < -0.4 is 16.4 Å². The van der Waals surface area contributed by atoms with Gasteiger partial charge in [0.15, 0.2) is 0 Å². The van der Waals surface area contributed by atoms with Gasteiger partial charge >= 0.3 is 0 Å². The van der Waals surface area contributed by atoms with Crippen LogP contribution in [0.15, 0.2) is 12.1 Å². The second kappa shape index (κ2) is 6.00. The van der Waals surface area contributed by atoms with Gasteiger partial charge in [0.05, 0.1) is 0 Å². The first-order valence-corrected chi connectivity index (χ1v) is 6.60. The Morgan fingerprint density at radius 2 is 2.10 bits per heavy atom. The lowest BCUT2D eigenvalue weighted by Crippen LogP contribution is -2.23. The van der Waals surface area contributed by atoms with Crippen molar-refractivity contribution in [2.45, 2.75) is 32.2 Å². The average molecular weight is 279 g/mol. The maximum Gasteiger partial charge on any atom is 0.248 e. The molecule has 0 atom stereocenters. The molecule has 1 aromatic carbocycles. The van der Waals surface area contributed by atoms with Gasteiger partial charge in [-0.05, 0) is 31.9 Å². The number of carbonyl (C=O) groups is 2. The molecular weight excluding hydrogens is 261 g/mol. The Kier molecular flexibility index (Phi) is 4.34. The van der Waals surface area contributed by atoms with Crippen LogP contribution in [0.4, 0.5) is 10.1 Å². The molecule has 0 saturated heterocycles. The molecular formula is C14H18FN3O2. The summed E-state index contributed by atoms with van der Waals surface area (Å²) < 4.78 is 13.6. The van der Waals surface area contributed by atoms with E-state index in [0.717, 1.165) is 18.9 Å². The van der Waals surface area contributed by atoms with Gasteiger partial charge in [0.2, 0.25) is 11.8 Å². The van der Waals surface area contributed by atoms with E-state index in [-0.39, 0.29) is 17.2 Å². The predicted octanol–water partition coefficient (Wildman–Crippen LogP) is 1.31. The van der Waals surface area contributed by atoms with Gasteiger partial charge in [-0.1, -0.05) is 0 Å². The fraction of sp³-hybridized carbons (Fsp3) is 0.429. The molecule has 1 fully saturated rings. The minimum atomic E-state index is -0.727. The number of hydrogen-bond acceptors (Lipinski definition) is 3. The van der Waals surface area contributed by atoms with Crippen molar-refractivity contribution >= 4 is 17.5 Å². The van der Waals surface area contributed by atoms with Crippen molar-refractivity contribution in [1.82, 2.24) is 5.32 Å². The lowest BCUT2D eigenvalue weighted by molar-refractivity contribution is -0.116. The first kappa shape index (κ1) is 14.5. The molecule has 2 amide bonds. The molecule has 0 bridgehead atoms. The summed E-state index contributed by atoms with van der Waals surface area (Å²) in [4.78, 5) is 22.9. The van der Waals surface area contributed by atoms with E-state index in [1.807, 2.05) is 0 Å². The van der Waals surface area contributed by atoms with E-state index in [1.54, 1.807) is 0 Å². The van der Waals surface area contributed by atoms with E-state index in [0.29, 0.717) is 24.6 Å². The van der Waals surface area contributed by atoms with Crippen molar-refractivity contribution in [2.75, 3.05) is 11.9 Å². The molecule has 0 unspecified atom stereocenters. The molecule has 0 spiro atoms. The van der Waals surface area contributed by atoms with Crippen LogP contribution in [0.2, 0.25) is 0 Å². The molecule has 0 heterocycles. The molecule has 0 aromatic heterocycles. The fourth-order valence-corrected chi connectivity index (χ4v) is 1.84. The first-order valence-electron chi connectivity index (χ1n) is 6.60. The number of amides is 2. The Balaban J connectivity index is 1.99. The number of anilines is 1. The highest BCUT2D eigenvalue weighted by molar-refractivity contribution is 5.97. The maximum absolute atomic E-state index is 13.6. The van der Waals surface area contributed by atoms with Crippen molar-refractivity contribution < 1.29 is 14.0 Å². The summed E-state index contributed by atoms with van der Waals surface area (Å²) >= 11 is 0. The van der Waals surface area contributed by atoms with Gasteiger partial charge in [0.25, 0.3) is 0 Å². The predicted molar refractivity (Wildman–Crippen MR) is 73.9 cm³/mol. The smallest absolute Gasteiger partial charge is 0.248 e. The number of nitrogens with two attached hydrogens (primary N) is 1. The number of carbonyl (C=O) groups excluding carboxylic acids is 2. The topological polar surface area (TPSA) is 84.2 Å². The van der Waals surface area contributed by atoms with Crippen molar-refractivity contribution in [3.05, 3.63) is 29.1 Å². The molecule has 2 rings (SSSR count). The Bertz CT molecular complexity index is 541. The molecule has 6 heteroatoms. The third-order valence-corrected chi connectivity index (χ3v) is 3.27. The molecule has 4 N–H and O–H groups in total. The number of hydrogen-bond donors (Lipinski definition) is 3. The third kappa shape index (κ3) is 3.77. The minimum Gasteiger partial charge on any atom is -0.366 e. The molecule has 108 valence electrons. The van der Waals surface area contributed by atoms with Crippen LogP contribution >= 0.6 is 0 Å². The standard InChI is InChI=1S/C14H18FN3O2/c1-8-11(15)6-9(14(16)20)7-12(8)18-13(19)4-5-17-10-2-3-10/h6-7,10,17H,2-5H2,1H3,(H2,16,20)(H,18,19). The molecule has 5 nitrogen and oxygen atoms in total. The van der Waals surface area contributed by atoms with Crippen molar-refractivity contribution in [2.24, 2.45) is 5.73 Å². The summed E-state index contributed by atoms with van der Waals surface area (Å²) in [5.41, 5.74) is 5.74. The van der Waals surface area contributed by atoms with Crippen molar-refractivity contribution in [1.29, 1.82) is 0 Å². The quantitative estimate of drug-likeness (QED) is 0.734. The molecule has 1 aromatic rings. The number of rotatable bonds is 6. The lowest BCUT2D eigenvalue weighted by Gasteiger charge is -2.11. The third-order valence-electron chi connectivity index (χ3n) is 3.27. The van der Waals surface area contributed by atoms with Crippen molar-refractivity contribution in [3.8, 4) is 0 Å². The van der Waals surface area contributed by atoms with Gasteiger partial charge < -0.3 is 16.4 Å². The van der Waals surface area contributed by atoms with E-state index in [4.69, 9.17) is 5.73 Å². The molecule has 1 saturated carbocycles. The normalized spacial score (nSPS) is 14.1. The fourth-order valence-electron chi connectivity index (χ4n) is 1.84. The molecule has 1 aliphatic carbocycles. The monoisotopic (exact) mass is 279 g/mol. The number of halogens is 1. The van der Waals surface area contributed by atoms with Crippen LogP contribution in [0.25, 0.3) is 0 Å². The molecule has 20 heavy (non-hydrogen) atoms. The Labute approximate surface area is 116 Å². The summed E-state index contributed by atoms with van der Waals surface area (Å²) in [6.45, 7) is 2.13. The van der Waals surface area contributed by atoms with Crippen LogP contribution in [-0.4, -0.2) is 24.4 Å². The summed E-state index contributed by atoms with van der Waals surface area (Å²) in [7, 11) is 0. The molecule has 0 radical (unpaired) electrons.